The number of methoxy groups -OCH3 is 1. The van der Waals surface area contributed by atoms with Crippen LogP contribution >= 0.6 is 0 Å². The number of nitrogens with zero attached hydrogens (tertiary/aromatic N) is 4. The summed E-state index contributed by atoms with van der Waals surface area (Å²) in [5, 5.41) is 16.8. The van der Waals surface area contributed by atoms with Gasteiger partial charge < -0.3 is 45.0 Å². The number of amides is 4. The molecule has 62 heavy (non-hydrogen) atoms. The van der Waals surface area contributed by atoms with Gasteiger partial charge in [0, 0.05) is 49.8 Å². The fourth-order valence-corrected chi connectivity index (χ4v) is 9.45. The second-order valence-electron chi connectivity index (χ2n) is 17.6. The Morgan fingerprint density at radius 3 is 1.82 bits per heavy atom. The zero-order chi connectivity index (χ0) is 43.7. The molecule has 2 aromatic heterocycles. The average molecular weight is 845 g/mol. The number of ether oxygens (including phenoxy) is 2. The van der Waals surface area contributed by atoms with E-state index in [1.54, 1.807) is 4.90 Å². The molecule has 0 aliphatic carbocycles. The summed E-state index contributed by atoms with van der Waals surface area (Å²) in [6, 6.07) is 18.9. The molecule has 0 radical (unpaired) electrons. The van der Waals surface area contributed by atoms with E-state index in [2.05, 4.69) is 83.0 Å². The molecule has 0 unspecified atom stereocenters. The number of benzene rings is 3. The molecule has 15 nitrogen and oxygen atoms in total. The summed E-state index contributed by atoms with van der Waals surface area (Å²) in [5.74, 6) is 1.34. The molecular weight excluding hydrogens is 789 g/mol. The summed E-state index contributed by atoms with van der Waals surface area (Å²) in [6.07, 6.45) is 4.80. The number of H-pyrrole nitrogens is 2. The van der Waals surface area contributed by atoms with Gasteiger partial charge in [-0.2, -0.15) is 0 Å². The van der Waals surface area contributed by atoms with Crippen LogP contribution < -0.4 is 10.6 Å². The van der Waals surface area contributed by atoms with Gasteiger partial charge in [0.1, 0.15) is 23.7 Å². The van der Waals surface area contributed by atoms with Gasteiger partial charge in [0.05, 0.1) is 30.6 Å². The normalized spacial score (nSPS) is 21.6. The maximum atomic E-state index is 14.1. The molecule has 4 amide bonds. The Morgan fingerprint density at radius 2 is 1.26 bits per heavy atom. The second kappa shape index (κ2) is 18.0. The first-order chi connectivity index (χ1) is 29.9. The van der Waals surface area contributed by atoms with Crippen LogP contribution in [0.2, 0.25) is 0 Å². The van der Waals surface area contributed by atoms with E-state index in [0.29, 0.717) is 45.0 Å². The number of aromatic amines is 2. The van der Waals surface area contributed by atoms with Gasteiger partial charge in [0.2, 0.25) is 11.8 Å². The van der Waals surface area contributed by atoms with Gasteiger partial charge in [-0.15, -0.1) is 0 Å². The first-order valence-corrected chi connectivity index (χ1v) is 21.6. The minimum atomic E-state index is -1.21. The number of nitrogens with one attached hydrogen (secondary N) is 4. The third-order valence-electron chi connectivity index (χ3n) is 12.7. The van der Waals surface area contributed by atoms with Gasteiger partial charge >= 0.3 is 12.2 Å². The fraction of sp³-hybridized carbons (Fsp3) is 0.447. The maximum Gasteiger partial charge on any atom is 0.407 e. The van der Waals surface area contributed by atoms with Crippen LogP contribution in [0.1, 0.15) is 77.1 Å². The lowest BCUT2D eigenvalue weighted by Crippen LogP contribution is -2.53. The zero-order valence-electron chi connectivity index (χ0n) is 35.9. The van der Waals surface area contributed by atoms with Crippen molar-refractivity contribution < 1.29 is 33.8 Å². The number of carboxylic acid groups (broad SMARTS) is 1. The first-order valence-electron chi connectivity index (χ1n) is 21.6. The molecule has 5 heterocycles. The Bertz CT molecular complexity index is 2420. The number of alkyl carbamates (subject to hydrolysis) is 1. The molecule has 326 valence electrons. The summed E-state index contributed by atoms with van der Waals surface area (Å²) in [7, 11) is 1.31. The number of aromatic nitrogens is 4. The molecule has 15 heteroatoms. The Morgan fingerprint density at radius 1 is 0.742 bits per heavy atom. The highest BCUT2D eigenvalue weighted by molar-refractivity contribution is 5.91. The third-order valence-corrected chi connectivity index (χ3v) is 12.7. The van der Waals surface area contributed by atoms with E-state index in [1.807, 2.05) is 43.3 Å². The smallest absolute Gasteiger partial charge is 0.407 e. The van der Waals surface area contributed by atoms with E-state index in [9.17, 15) is 24.3 Å². The van der Waals surface area contributed by atoms with Crippen LogP contribution in [0, 0.1) is 23.7 Å². The third kappa shape index (κ3) is 8.89. The van der Waals surface area contributed by atoms with Gasteiger partial charge in [0.15, 0.2) is 0 Å². The molecule has 6 atom stereocenters. The largest absolute Gasteiger partial charge is 0.465 e. The average Bonchev–Trinajstić information content (AvgIpc) is 4.11. The summed E-state index contributed by atoms with van der Waals surface area (Å²) < 4.78 is 10.4. The number of rotatable bonds is 11. The lowest BCUT2D eigenvalue weighted by molar-refractivity contribution is -0.137. The SMILES string of the molecule is COC(=O)N[C@H](C(=O)N1C[C@@H](C)C[C@H]1c1nc(-c2ccc3cc(-c4ccc(-c5c[nH]c([C@@H]6C[C@H](C)CN6C(=O)[C@@H](NC(=O)O)C(C)C)n5)cc4)ccc3c2)c[nH]1)C1CCOCC1. The lowest BCUT2D eigenvalue weighted by atomic mass is 9.90. The van der Waals surface area contributed by atoms with Crippen molar-refractivity contribution in [1.82, 2.24) is 40.4 Å². The highest BCUT2D eigenvalue weighted by atomic mass is 16.5. The predicted molar refractivity (Wildman–Crippen MR) is 234 cm³/mol. The van der Waals surface area contributed by atoms with Crippen molar-refractivity contribution in [3.05, 3.63) is 84.7 Å². The maximum absolute atomic E-state index is 14.1. The molecule has 3 fully saturated rings. The van der Waals surface area contributed by atoms with E-state index < -0.39 is 24.3 Å². The Kier molecular flexibility index (Phi) is 12.3. The molecule has 5 aromatic rings. The van der Waals surface area contributed by atoms with Crippen LogP contribution in [0.5, 0.6) is 0 Å². The van der Waals surface area contributed by atoms with Crippen molar-refractivity contribution >= 4 is 34.8 Å². The molecule has 3 aliphatic heterocycles. The van der Waals surface area contributed by atoms with Crippen LogP contribution in [0.4, 0.5) is 9.59 Å². The van der Waals surface area contributed by atoms with Crippen molar-refractivity contribution in [1.29, 1.82) is 0 Å². The molecular formula is C47H56N8O7. The van der Waals surface area contributed by atoms with Gasteiger partial charge in [-0.25, -0.2) is 19.6 Å². The number of fused-ring (bicyclic) bond motifs is 1. The summed E-state index contributed by atoms with van der Waals surface area (Å²) in [4.78, 5) is 71.7. The number of imidazole rings is 2. The van der Waals surface area contributed by atoms with Gasteiger partial charge in [-0.05, 0) is 83.4 Å². The minimum Gasteiger partial charge on any atom is -0.465 e. The number of hydrogen-bond acceptors (Lipinski definition) is 8. The molecule has 3 aliphatic rings. The molecule has 8 rings (SSSR count). The first kappa shape index (κ1) is 42.5. The van der Waals surface area contributed by atoms with Crippen LogP contribution in [-0.2, 0) is 19.1 Å². The molecule has 5 N–H and O–H groups in total. The van der Waals surface area contributed by atoms with Crippen molar-refractivity contribution in [2.45, 2.75) is 77.5 Å². The molecule has 0 bridgehead atoms. The van der Waals surface area contributed by atoms with Crippen molar-refractivity contribution in [3.8, 4) is 33.6 Å². The van der Waals surface area contributed by atoms with Crippen LogP contribution in [0.3, 0.4) is 0 Å². The standard InChI is InChI=1S/C47H56N8O7/c1-26(2)40(52-46(58)59)44(56)54-24-27(3)18-38(54)42-48-22-36(50-42)30-8-6-29(7-9-30)32-10-11-34-21-35(13-12-33(34)20-32)37-23-49-43(51-37)39-19-28(4)25-55(39)45(57)41(53-47(60)61-5)31-14-16-62-17-15-31/h6-13,20-23,26-28,31,38-41,52H,14-19,24-25H2,1-5H3,(H,48,50)(H,49,51)(H,53,60)(H,58,59)/t27-,28-,38-,39-,40-,41-/m0/s1. The van der Waals surface area contributed by atoms with Crippen LogP contribution in [0.25, 0.3) is 44.4 Å². The van der Waals surface area contributed by atoms with Gasteiger partial charge in [-0.1, -0.05) is 76.2 Å². The van der Waals surface area contributed by atoms with E-state index >= 15 is 0 Å². The highest BCUT2D eigenvalue weighted by Gasteiger charge is 2.43. The Hall–Kier alpha value is -6.22. The molecule has 3 saturated heterocycles. The topological polar surface area (TPSA) is 195 Å². The minimum absolute atomic E-state index is 0.0398. The van der Waals surface area contributed by atoms with E-state index in [1.165, 1.54) is 7.11 Å². The highest BCUT2D eigenvalue weighted by Crippen LogP contribution is 2.38. The van der Waals surface area contributed by atoms with Crippen molar-refractivity contribution in [2.24, 2.45) is 23.7 Å². The Labute approximate surface area is 361 Å². The van der Waals surface area contributed by atoms with Crippen LogP contribution in [0.15, 0.2) is 73.1 Å². The number of hydrogen-bond donors (Lipinski definition) is 5. The van der Waals surface area contributed by atoms with E-state index in [-0.39, 0.29) is 47.6 Å². The van der Waals surface area contributed by atoms with Gasteiger partial charge in [-0.3, -0.25) is 9.59 Å². The number of likely N-dealkylation sites (tertiary alicyclic amines) is 2. The summed E-state index contributed by atoms with van der Waals surface area (Å²) >= 11 is 0. The van der Waals surface area contributed by atoms with Crippen molar-refractivity contribution in [2.75, 3.05) is 33.4 Å². The van der Waals surface area contributed by atoms with Crippen LogP contribution in [-0.4, -0.2) is 104 Å². The summed E-state index contributed by atoms with van der Waals surface area (Å²) in [6.45, 7) is 10.1. The Balaban J connectivity index is 0.953. The second-order valence-corrected chi connectivity index (χ2v) is 17.6. The zero-order valence-corrected chi connectivity index (χ0v) is 35.9. The fourth-order valence-electron chi connectivity index (χ4n) is 9.45. The van der Waals surface area contributed by atoms with Crippen molar-refractivity contribution in [3.63, 3.8) is 0 Å². The van der Waals surface area contributed by atoms with E-state index in [0.717, 1.165) is 63.1 Å². The monoisotopic (exact) mass is 844 g/mol. The van der Waals surface area contributed by atoms with Gasteiger partial charge in [0.25, 0.3) is 0 Å². The lowest BCUT2D eigenvalue weighted by Gasteiger charge is -2.34. The summed E-state index contributed by atoms with van der Waals surface area (Å²) in [5.41, 5.74) is 5.60. The van der Waals surface area contributed by atoms with E-state index in [4.69, 9.17) is 19.4 Å². The molecule has 0 saturated carbocycles. The molecule has 3 aromatic carbocycles. The number of carbonyl (C=O) groups is 4. The predicted octanol–water partition coefficient (Wildman–Crippen LogP) is 7.55. The quantitative estimate of drug-likeness (QED) is 0.0892. The number of carbonyl (C=O) groups excluding carboxylic acids is 3. The molecule has 0 spiro atoms.